The van der Waals surface area contributed by atoms with E-state index in [1.165, 1.54) is 19.4 Å². The predicted octanol–water partition coefficient (Wildman–Crippen LogP) is 2.00. The van der Waals surface area contributed by atoms with E-state index in [1.807, 2.05) is 0 Å². The van der Waals surface area contributed by atoms with E-state index in [4.69, 9.17) is 10.5 Å². The van der Waals surface area contributed by atoms with Gasteiger partial charge in [-0.15, -0.1) is 0 Å². The smallest absolute Gasteiger partial charge is 0.0662 e. The van der Waals surface area contributed by atoms with Crippen molar-refractivity contribution in [3.63, 3.8) is 0 Å². The van der Waals surface area contributed by atoms with Gasteiger partial charge >= 0.3 is 0 Å². The van der Waals surface area contributed by atoms with Gasteiger partial charge in [0.05, 0.1) is 6.10 Å². The first-order valence-electron chi connectivity index (χ1n) is 7.05. The Morgan fingerprint density at radius 3 is 2.59 bits per heavy atom. The Morgan fingerprint density at radius 1 is 1.41 bits per heavy atom. The molecule has 0 amide bonds. The molecule has 3 unspecified atom stereocenters. The molecule has 3 atom stereocenters. The molecule has 0 bridgehead atoms. The minimum atomic E-state index is -0.0641. The minimum absolute atomic E-state index is 0.0641. The third-order valence-corrected chi connectivity index (χ3v) is 5.18. The molecule has 100 valence electrons. The van der Waals surface area contributed by atoms with Crippen molar-refractivity contribution in [1.82, 2.24) is 4.90 Å². The maximum Gasteiger partial charge on any atom is 0.0662 e. The summed E-state index contributed by atoms with van der Waals surface area (Å²) >= 11 is 0. The number of likely N-dealkylation sites (tertiary alicyclic amines) is 1. The Balaban J connectivity index is 1.96. The summed E-state index contributed by atoms with van der Waals surface area (Å²) in [6.45, 7) is 12.0. The number of hydrogen-bond donors (Lipinski definition) is 1. The van der Waals surface area contributed by atoms with Gasteiger partial charge in [0.2, 0.25) is 0 Å². The Kier molecular flexibility index (Phi) is 3.54. The summed E-state index contributed by atoms with van der Waals surface area (Å²) in [6, 6.07) is 0.706. The van der Waals surface area contributed by atoms with Crippen LogP contribution in [0.5, 0.6) is 0 Å². The normalized spacial score (nSPS) is 41.5. The molecule has 1 saturated heterocycles. The average Bonchev–Trinajstić information content (AvgIpc) is 2.64. The molecule has 2 rings (SSSR count). The largest absolute Gasteiger partial charge is 0.378 e. The lowest BCUT2D eigenvalue weighted by atomic mass is 9.54. The Labute approximate surface area is 106 Å². The summed E-state index contributed by atoms with van der Waals surface area (Å²) in [4.78, 5) is 2.56. The summed E-state index contributed by atoms with van der Waals surface area (Å²) < 4.78 is 5.78. The molecule has 0 radical (unpaired) electrons. The van der Waals surface area contributed by atoms with E-state index in [1.54, 1.807) is 0 Å². The molecule has 2 fully saturated rings. The van der Waals surface area contributed by atoms with Crippen LogP contribution in [-0.4, -0.2) is 42.3 Å². The lowest BCUT2D eigenvalue weighted by Crippen LogP contribution is -2.73. The van der Waals surface area contributed by atoms with Crippen LogP contribution >= 0.6 is 0 Å². The van der Waals surface area contributed by atoms with Crippen LogP contribution in [0.15, 0.2) is 0 Å². The minimum Gasteiger partial charge on any atom is -0.378 e. The molecular weight excluding hydrogens is 212 g/mol. The van der Waals surface area contributed by atoms with Gasteiger partial charge in [-0.3, -0.25) is 4.90 Å². The van der Waals surface area contributed by atoms with Crippen molar-refractivity contribution in [1.29, 1.82) is 0 Å². The van der Waals surface area contributed by atoms with Gasteiger partial charge in [-0.2, -0.15) is 0 Å². The monoisotopic (exact) mass is 240 g/mol. The molecule has 0 aromatic heterocycles. The fraction of sp³-hybridized carbons (Fsp3) is 1.00. The third kappa shape index (κ3) is 2.13. The molecule has 2 N–H and O–H groups in total. The van der Waals surface area contributed by atoms with Crippen molar-refractivity contribution in [2.24, 2.45) is 11.1 Å². The van der Waals surface area contributed by atoms with Crippen molar-refractivity contribution in [2.75, 3.05) is 19.7 Å². The first kappa shape index (κ1) is 13.3. The summed E-state index contributed by atoms with van der Waals surface area (Å²) in [7, 11) is 0. The van der Waals surface area contributed by atoms with Gasteiger partial charge in [-0.05, 0) is 39.7 Å². The van der Waals surface area contributed by atoms with Crippen molar-refractivity contribution in [2.45, 2.75) is 64.6 Å². The van der Waals surface area contributed by atoms with E-state index in [-0.39, 0.29) is 11.0 Å². The van der Waals surface area contributed by atoms with Gasteiger partial charge < -0.3 is 10.5 Å². The van der Waals surface area contributed by atoms with Gasteiger partial charge in [0.15, 0.2) is 0 Å². The molecule has 1 aliphatic heterocycles. The maximum absolute atomic E-state index is 6.62. The van der Waals surface area contributed by atoms with Gasteiger partial charge in [0.1, 0.15) is 0 Å². The number of rotatable bonds is 4. The first-order chi connectivity index (χ1) is 7.90. The number of nitrogens with zero attached hydrogens (tertiary/aromatic N) is 1. The molecule has 3 heteroatoms. The van der Waals surface area contributed by atoms with Crippen LogP contribution in [0.3, 0.4) is 0 Å². The van der Waals surface area contributed by atoms with Gasteiger partial charge in [-0.25, -0.2) is 0 Å². The van der Waals surface area contributed by atoms with E-state index < -0.39 is 0 Å². The lowest BCUT2D eigenvalue weighted by molar-refractivity contribution is -0.156. The van der Waals surface area contributed by atoms with Crippen molar-refractivity contribution < 1.29 is 4.74 Å². The second-order valence-corrected chi connectivity index (χ2v) is 6.49. The molecule has 1 aliphatic carbocycles. The quantitative estimate of drug-likeness (QED) is 0.817. The highest BCUT2D eigenvalue weighted by Gasteiger charge is 2.59. The Morgan fingerprint density at radius 2 is 2.12 bits per heavy atom. The lowest BCUT2D eigenvalue weighted by Gasteiger charge is -2.60. The summed E-state index contributed by atoms with van der Waals surface area (Å²) in [6.07, 6.45) is 4.00. The zero-order valence-corrected chi connectivity index (χ0v) is 11.8. The molecule has 17 heavy (non-hydrogen) atoms. The molecular formula is C14H28N2O. The van der Waals surface area contributed by atoms with E-state index in [2.05, 4.69) is 32.6 Å². The fourth-order valence-electron chi connectivity index (χ4n) is 3.37. The highest BCUT2D eigenvalue weighted by Crippen LogP contribution is 2.50. The third-order valence-electron chi connectivity index (χ3n) is 5.18. The van der Waals surface area contributed by atoms with Gasteiger partial charge in [-0.1, -0.05) is 13.8 Å². The molecule has 0 aromatic rings. The molecule has 1 heterocycles. The molecule has 0 aromatic carbocycles. The van der Waals surface area contributed by atoms with Crippen LogP contribution in [0.1, 0.15) is 47.0 Å². The molecule has 2 aliphatic rings. The van der Waals surface area contributed by atoms with E-state index in [9.17, 15) is 0 Å². The average molecular weight is 240 g/mol. The highest BCUT2D eigenvalue weighted by atomic mass is 16.5. The number of ether oxygens (including phenoxy) is 1. The topological polar surface area (TPSA) is 38.5 Å². The Bertz CT molecular complexity index is 279. The van der Waals surface area contributed by atoms with E-state index in [0.717, 1.165) is 19.6 Å². The second kappa shape index (κ2) is 4.52. The van der Waals surface area contributed by atoms with Crippen molar-refractivity contribution in [3.8, 4) is 0 Å². The van der Waals surface area contributed by atoms with Crippen LogP contribution in [-0.2, 0) is 4.74 Å². The second-order valence-electron chi connectivity index (χ2n) is 6.49. The highest BCUT2D eigenvalue weighted by molar-refractivity contribution is 5.15. The van der Waals surface area contributed by atoms with Crippen LogP contribution in [0.25, 0.3) is 0 Å². The first-order valence-corrected chi connectivity index (χ1v) is 7.05. The van der Waals surface area contributed by atoms with Crippen LogP contribution in [0.4, 0.5) is 0 Å². The number of hydrogen-bond acceptors (Lipinski definition) is 3. The van der Waals surface area contributed by atoms with Crippen LogP contribution in [0.2, 0.25) is 0 Å². The molecule has 0 spiro atoms. The Hall–Kier alpha value is -0.120. The van der Waals surface area contributed by atoms with Gasteiger partial charge in [0.25, 0.3) is 0 Å². The molecule has 1 saturated carbocycles. The van der Waals surface area contributed by atoms with Crippen LogP contribution in [0, 0.1) is 5.41 Å². The van der Waals surface area contributed by atoms with Crippen LogP contribution < -0.4 is 5.73 Å². The van der Waals surface area contributed by atoms with Crippen molar-refractivity contribution >= 4 is 0 Å². The van der Waals surface area contributed by atoms with E-state index >= 15 is 0 Å². The SMILES string of the molecule is CCOC1CC(N)(CN2CCCC2C)C1(C)C. The number of nitrogens with two attached hydrogens (primary N) is 1. The van der Waals surface area contributed by atoms with Crippen molar-refractivity contribution in [3.05, 3.63) is 0 Å². The standard InChI is InChI=1S/C14H28N2O/c1-5-17-12-9-14(15,13(12,3)4)10-16-8-6-7-11(16)2/h11-12H,5-10,15H2,1-4H3. The predicted molar refractivity (Wildman–Crippen MR) is 71.0 cm³/mol. The molecule has 3 nitrogen and oxygen atoms in total. The zero-order valence-electron chi connectivity index (χ0n) is 11.8. The maximum atomic E-state index is 6.62. The zero-order chi connectivity index (χ0) is 12.7. The van der Waals surface area contributed by atoms with E-state index in [0.29, 0.717) is 12.1 Å². The summed E-state index contributed by atoms with van der Waals surface area (Å²) in [5.74, 6) is 0. The van der Waals surface area contributed by atoms with Gasteiger partial charge in [0, 0.05) is 30.1 Å². The summed E-state index contributed by atoms with van der Waals surface area (Å²) in [5, 5.41) is 0. The summed E-state index contributed by atoms with van der Waals surface area (Å²) in [5.41, 5.74) is 6.66. The fourth-order valence-corrected chi connectivity index (χ4v) is 3.37.